The Morgan fingerprint density at radius 2 is 2.67 bits per heavy atom. The van der Waals surface area contributed by atoms with E-state index in [0.717, 1.165) is 25.4 Å². The van der Waals surface area contributed by atoms with Crippen LogP contribution in [0.4, 0.5) is 0 Å². The summed E-state index contributed by atoms with van der Waals surface area (Å²) in [5.41, 5.74) is 0. The first-order chi connectivity index (χ1) is 7.40. The van der Waals surface area contributed by atoms with Gasteiger partial charge in [-0.15, -0.1) is 11.3 Å². The topological polar surface area (TPSA) is 33.6 Å². The molecule has 0 amide bonds. The Hall–Kier alpha value is -0.870. The van der Waals surface area contributed by atoms with Crippen molar-refractivity contribution in [2.75, 3.05) is 20.2 Å². The minimum absolute atomic E-state index is 0.363. The lowest BCUT2D eigenvalue weighted by Crippen LogP contribution is -2.31. The SMILES string of the molecule is CN=C(NC[C@@H]1CCCO1)c1cccs1. The van der Waals surface area contributed by atoms with Crippen LogP contribution in [0.1, 0.15) is 17.7 Å². The van der Waals surface area contributed by atoms with Crippen LogP contribution in [-0.2, 0) is 4.74 Å². The van der Waals surface area contributed by atoms with Crippen molar-refractivity contribution in [3.8, 4) is 0 Å². The van der Waals surface area contributed by atoms with Gasteiger partial charge in [-0.05, 0) is 24.3 Å². The van der Waals surface area contributed by atoms with Gasteiger partial charge in [-0.25, -0.2) is 0 Å². The molecular formula is C11H16N2OS. The maximum atomic E-state index is 5.55. The lowest BCUT2D eigenvalue weighted by Gasteiger charge is -2.12. The zero-order chi connectivity index (χ0) is 10.5. The lowest BCUT2D eigenvalue weighted by molar-refractivity contribution is 0.114. The normalized spacial score (nSPS) is 21.9. The highest BCUT2D eigenvalue weighted by Crippen LogP contribution is 2.12. The van der Waals surface area contributed by atoms with Crippen LogP contribution in [0.5, 0.6) is 0 Å². The van der Waals surface area contributed by atoms with Crippen LogP contribution in [0, 0.1) is 0 Å². The third-order valence-corrected chi connectivity index (χ3v) is 3.38. The highest BCUT2D eigenvalue weighted by atomic mass is 32.1. The second-order valence-corrected chi connectivity index (χ2v) is 4.51. The zero-order valence-corrected chi connectivity index (χ0v) is 9.72. The third-order valence-electron chi connectivity index (χ3n) is 2.50. The lowest BCUT2D eigenvalue weighted by atomic mass is 10.2. The number of thiophene rings is 1. The molecule has 0 radical (unpaired) electrons. The van der Waals surface area contributed by atoms with Gasteiger partial charge in [0.15, 0.2) is 0 Å². The molecule has 1 aromatic rings. The summed E-state index contributed by atoms with van der Waals surface area (Å²) in [7, 11) is 1.82. The average molecular weight is 224 g/mol. The molecule has 2 rings (SSSR count). The Kier molecular flexibility index (Phi) is 3.75. The number of rotatable bonds is 3. The minimum Gasteiger partial charge on any atom is -0.376 e. The van der Waals surface area contributed by atoms with Crippen LogP contribution in [0.3, 0.4) is 0 Å². The van der Waals surface area contributed by atoms with Crippen LogP contribution in [-0.4, -0.2) is 32.1 Å². The van der Waals surface area contributed by atoms with Crippen molar-refractivity contribution in [1.82, 2.24) is 5.32 Å². The summed E-state index contributed by atoms with van der Waals surface area (Å²) in [4.78, 5) is 5.44. The summed E-state index contributed by atoms with van der Waals surface area (Å²) in [6.45, 7) is 1.77. The summed E-state index contributed by atoms with van der Waals surface area (Å²) in [6.07, 6.45) is 2.71. The van der Waals surface area contributed by atoms with E-state index in [2.05, 4.69) is 21.8 Å². The molecule has 0 unspecified atom stereocenters. The molecule has 1 aliphatic heterocycles. The van der Waals surface area contributed by atoms with Gasteiger partial charge in [-0.1, -0.05) is 6.07 Å². The molecular weight excluding hydrogens is 208 g/mol. The van der Waals surface area contributed by atoms with Crippen molar-refractivity contribution in [1.29, 1.82) is 0 Å². The Morgan fingerprint density at radius 3 is 3.27 bits per heavy atom. The van der Waals surface area contributed by atoms with Gasteiger partial charge in [0.2, 0.25) is 0 Å². The monoisotopic (exact) mass is 224 g/mol. The first-order valence-electron chi connectivity index (χ1n) is 5.26. The summed E-state index contributed by atoms with van der Waals surface area (Å²) in [5.74, 6) is 0.973. The molecule has 0 aliphatic carbocycles. The number of amidine groups is 1. The molecule has 0 spiro atoms. The van der Waals surface area contributed by atoms with E-state index in [4.69, 9.17) is 4.74 Å². The summed E-state index contributed by atoms with van der Waals surface area (Å²) in [6, 6.07) is 4.12. The van der Waals surface area contributed by atoms with E-state index < -0.39 is 0 Å². The number of nitrogens with zero attached hydrogens (tertiary/aromatic N) is 1. The highest BCUT2D eigenvalue weighted by molar-refractivity contribution is 7.12. The summed E-state index contributed by atoms with van der Waals surface area (Å²) in [5, 5.41) is 5.41. The molecule has 2 heterocycles. The van der Waals surface area contributed by atoms with E-state index in [1.807, 2.05) is 13.1 Å². The van der Waals surface area contributed by atoms with Crippen LogP contribution < -0.4 is 5.32 Å². The summed E-state index contributed by atoms with van der Waals surface area (Å²) < 4.78 is 5.55. The van der Waals surface area contributed by atoms with Crippen molar-refractivity contribution in [2.45, 2.75) is 18.9 Å². The minimum atomic E-state index is 0.363. The standard InChI is InChI=1S/C11H16N2OS/c1-12-11(10-5-3-7-15-10)13-8-9-4-2-6-14-9/h3,5,7,9H,2,4,6,8H2,1H3,(H,12,13)/t9-/m0/s1. The number of aliphatic imine (C=N–C) groups is 1. The highest BCUT2D eigenvalue weighted by Gasteiger charge is 2.15. The van der Waals surface area contributed by atoms with Gasteiger partial charge in [0.1, 0.15) is 5.84 Å². The van der Waals surface area contributed by atoms with Crippen molar-refractivity contribution in [3.63, 3.8) is 0 Å². The molecule has 4 heteroatoms. The fraction of sp³-hybridized carbons (Fsp3) is 0.545. The molecule has 1 aromatic heterocycles. The Bertz CT molecular complexity index is 315. The second-order valence-electron chi connectivity index (χ2n) is 3.57. The summed E-state index contributed by atoms with van der Waals surface area (Å²) >= 11 is 1.70. The van der Waals surface area contributed by atoms with Gasteiger partial charge in [0.05, 0.1) is 11.0 Å². The van der Waals surface area contributed by atoms with E-state index >= 15 is 0 Å². The molecule has 0 saturated carbocycles. The second kappa shape index (κ2) is 5.28. The van der Waals surface area contributed by atoms with Crippen molar-refractivity contribution < 1.29 is 4.74 Å². The Labute approximate surface area is 94.2 Å². The van der Waals surface area contributed by atoms with Gasteiger partial charge < -0.3 is 10.1 Å². The first kappa shape index (κ1) is 10.6. The number of hydrogen-bond acceptors (Lipinski definition) is 3. The van der Waals surface area contributed by atoms with E-state index in [-0.39, 0.29) is 0 Å². The largest absolute Gasteiger partial charge is 0.376 e. The van der Waals surface area contributed by atoms with Gasteiger partial charge in [0.25, 0.3) is 0 Å². The van der Waals surface area contributed by atoms with Crippen LogP contribution in [0.25, 0.3) is 0 Å². The molecule has 0 bridgehead atoms. The smallest absolute Gasteiger partial charge is 0.138 e. The molecule has 1 fully saturated rings. The predicted octanol–water partition coefficient (Wildman–Crippen LogP) is 1.89. The molecule has 1 N–H and O–H groups in total. The first-order valence-corrected chi connectivity index (χ1v) is 6.14. The Morgan fingerprint density at radius 1 is 1.73 bits per heavy atom. The van der Waals surface area contributed by atoms with Crippen LogP contribution >= 0.6 is 11.3 Å². The van der Waals surface area contributed by atoms with E-state index in [9.17, 15) is 0 Å². The van der Waals surface area contributed by atoms with Crippen LogP contribution in [0.2, 0.25) is 0 Å². The molecule has 15 heavy (non-hydrogen) atoms. The van der Waals surface area contributed by atoms with Gasteiger partial charge in [-0.2, -0.15) is 0 Å². The van der Waals surface area contributed by atoms with Crippen LogP contribution in [0.15, 0.2) is 22.5 Å². The maximum Gasteiger partial charge on any atom is 0.138 e. The fourth-order valence-corrected chi connectivity index (χ4v) is 2.44. The molecule has 0 aromatic carbocycles. The molecule has 1 atom stereocenters. The van der Waals surface area contributed by atoms with Gasteiger partial charge >= 0.3 is 0 Å². The average Bonchev–Trinajstić information content (AvgIpc) is 2.90. The van der Waals surface area contributed by atoms with Gasteiger partial charge in [0, 0.05) is 20.2 Å². The third kappa shape index (κ3) is 2.79. The number of nitrogens with one attached hydrogen (secondary N) is 1. The molecule has 82 valence electrons. The predicted molar refractivity (Wildman–Crippen MR) is 63.8 cm³/mol. The molecule has 3 nitrogen and oxygen atoms in total. The fourth-order valence-electron chi connectivity index (χ4n) is 1.71. The molecule has 1 aliphatic rings. The number of hydrogen-bond donors (Lipinski definition) is 1. The molecule has 1 saturated heterocycles. The van der Waals surface area contributed by atoms with E-state index in [1.54, 1.807) is 11.3 Å². The van der Waals surface area contributed by atoms with E-state index in [1.165, 1.54) is 11.3 Å². The van der Waals surface area contributed by atoms with E-state index in [0.29, 0.717) is 6.10 Å². The van der Waals surface area contributed by atoms with Crippen molar-refractivity contribution >= 4 is 17.2 Å². The quantitative estimate of drug-likeness (QED) is 0.628. The van der Waals surface area contributed by atoms with Crippen molar-refractivity contribution in [2.24, 2.45) is 4.99 Å². The number of ether oxygens (including phenoxy) is 1. The van der Waals surface area contributed by atoms with Gasteiger partial charge in [-0.3, -0.25) is 4.99 Å². The Balaban J connectivity index is 1.86. The maximum absolute atomic E-state index is 5.55. The zero-order valence-electron chi connectivity index (χ0n) is 8.90. The van der Waals surface area contributed by atoms with Crippen molar-refractivity contribution in [3.05, 3.63) is 22.4 Å².